The van der Waals surface area contributed by atoms with Gasteiger partial charge in [0.05, 0.1) is 0 Å². The number of carbonyl (C=O) groups is 1. The van der Waals surface area contributed by atoms with E-state index in [9.17, 15) is 4.79 Å². The number of amides is 1. The van der Waals surface area contributed by atoms with Crippen molar-refractivity contribution < 1.29 is 4.79 Å². The van der Waals surface area contributed by atoms with Crippen LogP contribution in [0.15, 0.2) is 30.4 Å². The first kappa shape index (κ1) is 11.7. The van der Waals surface area contributed by atoms with E-state index < -0.39 is 0 Å². The number of nitrogen functional groups attached to an aromatic ring is 1. The van der Waals surface area contributed by atoms with Crippen molar-refractivity contribution in [3.05, 3.63) is 41.5 Å². The van der Waals surface area contributed by atoms with Gasteiger partial charge < -0.3 is 11.1 Å². The van der Waals surface area contributed by atoms with Crippen molar-refractivity contribution >= 4 is 11.6 Å². The van der Waals surface area contributed by atoms with E-state index in [2.05, 4.69) is 17.5 Å². The molecule has 90 valence electrons. The molecule has 0 radical (unpaired) electrons. The Hall–Kier alpha value is -1.77. The average Bonchev–Trinajstić information content (AvgIpc) is 2.33. The summed E-state index contributed by atoms with van der Waals surface area (Å²) in [5.74, 6) is -0.0184. The minimum absolute atomic E-state index is 0.0184. The van der Waals surface area contributed by atoms with E-state index in [-0.39, 0.29) is 11.9 Å². The summed E-state index contributed by atoms with van der Waals surface area (Å²) in [6, 6.07) is 5.69. The molecule has 1 atom stereocenters. The van der Waals surface area contributed by atoms with E-state index in [1.807, 2.05) is 19.1 Å². The largest absolute Gasteiger partial charge is 0.399 e. The SMILES string of the molecule is Cc1ccc(N)cc1C(=O)NC1CC=CCC1. The monoisotopic (exact) mass is 230 g/mol. The summed E-state index contributed by atoms with van der Waals surface area (Å²) >= 11 is 0. The molecule has 1 aromatic carbocycles. The summed E-state index contributed by atoms with van der Waals surface area (Å²) in [4.78, 5) is 12.1. The normalized spacial score (nSPS) is 19.0. The minimum atomic E-state index is -0.0184. The second-order valence-electron chi connectivity index (χ2n) is 4.53. The molecule has 0 saturated heterocycles. The van der Waals surface area contributed by atoms with Crippen LogP contribution in [-0.2, 0) is 0 Å². The Morgan fingerprint density at radius 1 is 1.41 bits per heavy atom. The number of hydrogen-bond donors (Lipinski definition) is 2. The lowest BCUT2D eigenvalue weighted by Gasteiger charge is -2.20. The topological polar surface area (TPSA) is 55.1 Å². The van der Waals surface area contributed by atoms with Gasteiger partial charge in [-0.15, -0.1) is 0 Å². The number of hydrogen-bond acceptors (Lipinski definition) is 2. The third-order valence-electron chi connectivity index (χ3n) is 3.11. The molecule has 0 spiro atoms. The summed E-state index contributed by atoms with van der Waals surface area (Å²) in [5, 5.41) is 3.06. The zero-order valence-electron chi connectivity index (χ0n) is 10.1. The summed E-state index contributed by atoms with van der Waals surface area (Å²) < 4.78 is 0. The minimum Gasteiger partial charge on any atom is -0.399 e. The molecule has 2 rings (SSSR count). The Kier molecular flexibility index (Phi) is 3.47. The van der Waals surface area contributed by atoms with Gasteiger partial charge in [-0.1, -0.05) is 18.2 Å². The first-order valence-electron chi connectivity index (χ1n) is 5.99. The smallest absolute Gasteiger partial charge is 0.251 e. The van der Waals surface area contributed by atoms with Crippen LogP contribution < -0.4 is 11.1 Å². The van der Waals surface area contributed by atoms with Gasteiger partial charge in [0.25, 0.3) is 5.91 Å². The standard InChI is InChI=1S/C14H18N2O/c1-10-7-8-11(15)9-13(10)14(17)16-12-5-3-2-4-6-12/h2-3,7-9,12H,4-6,15H2,1H3,(H,16,17). The Morgan fingerprint density at radius 3 is 2.94 bits per heavy atom. The Labute approximate surface area is 102 Å². The molecule has 3 nitrogen and oxygen atoms in total. The number of anilines is 1. The molecule has 0 aliphatic heterocycles. The van der Waals surface area contributed by atoms with Gasteiger partial charge in [-0.3, -0.25) is 4.79 Å². The van der Waals surface area contributed by atoms with Crippen LogP contribution in [0.2, 0.25) is 0 Å². The summed E-state index contributed by atoms with van der Waals surface area (Å²) in [5.41, 5.74) is 7.98. The van der Waals surface area contributed by atoms with Gasteiger partial charge in [0.2, 0.25) is 0 Å². The van der Waals surface area contributed by atoms with E-state index in [1.165, 1.54) is 0 Å². The highest BCUT2D eigenvalue weighted by Crippen LogP contribution is 2.15. The quantitative estimate of drug-likeness (QED) is 0.605. The predicted octanol–water partition coefficient (Wildman–Crippen LogP) is 2.42. The molecule has 0 bridgehead atoms. The highest BCUT2D eigenvalue weighted by molar-refractivity contribution is 5.96. The third-order valence-corrected chi connectivity index (χ3v) is 3.11. The first-order valence-corrected chi connectivity index (χ1v) is 5.99. The molecule has 3 N–H and O–H groups in total. The maximum absolute atomic E-state index is 12.1. The number of allylic oxidation sites excluding steroid dienone is 1. The van der Waals surface area contributed by atoms with Crippen molar-refractivity contribution in [1.82, 2.24) is 5.32 Å². The molecule has 1 aliphatic carbocycles. The molecule has 0 heterocycles. The summed E-state index contributed by atoms with van der Waals surface area (Å²) in [6.45, 7) is 1.93. The third kappa shape index (κ3) is 2.87. The summed E-state index contributed by atoms with van der Waals surface area (Å²) in [6.07, 6.45) is 7.27. The zero-order valence-corrected chi connectivity index (χ0v) is 10.1. The molecule has 1 unspecified atom stereocenters. The van der Waals surface area contributed by atoms with Crippen molar-refractivity contribution in [2.45, 2.75) is 32.2 Å². The second kappa shape index (κ2) is 5.04. The molecule has 1 amide bonds. The average molecular weight is 230 g/mol. The summed E-state index contributed by atoms with van der Waals surface area (Å²) in [7, 11) is 0. The maximum atomic E-state index is 12.1. The Morgan fingerprint density at radius 2 is 2.24 bits per heavy atom. The zero-order chi connectivity index (χ0) is 12.3. The van der Waals surface area contributed by atoms with Gasteiger partial charge in [0.1, 0.15) is 0 Å². The predicted molar refractivity (Wildman–Crippen MR) is 69.8 cm³/mol. The molecular weight excluding hydrogens is 212 g/mol. The van der Waals surface area contributed by atoms with Gasteiger partial charge in [-0.05, 0) is 43.9 Å². The lowest BCUT2D eigenvalue weighted by atomic mass is 10.0. The number of aryl methyl sites for hydroxylation is 1. The number of benzene rings is 1. The van der Waals surface area contributed by atoms with Crippen LogP contribution in [0, 0.1) is 6.92 Å². The van der Waals surface area contributed by atoms with Gasteiger partial charge >= 0.3 is 0 Å². The lowest BCUT2D eigenvalue weighted by molar-refractivity contribution is 0.0934. The number of rotatable bonds is 2. The number of nitrogens with one attached hydrogen (secondary N) is 1. The highest BCUT2D eigenvalue weighted by atomic mass is 16.1. The Bertz CT molecular complexity index is 452. The molecule has 1 aromatic rings. The Balaban J connectivity index is 2.08. The maximum Gasteiger partial charge on any atom is 0.251 e. The van der Waals surface area contributed by atoms with Crippen LogP contribution in [0.4, 0.5) is 5.69 Å². The van der Waals surface area contributed by atoms with Crippen molar-refractivity contribution in [2.24, 2.45) is 0 Å². The number of carbonyl (C=O) groups excluding carboxylic acids is 1. The molecular formula is C14H18N2O. The van der Waals surface area contributed by atoms with Crippen molar-refractivity contribution in [1.29, 1.82) is 0 Å². The van der Waals surface area contributed by atoms with Crippen LogP contribution in [0.1, 0.15) is 35.2 Å². The van der Waals surface area contributed by atoms with Crippen molar-refractivity contribution in [3.63, 3.8) is 0 Å². The van der Waals surface area contributed by atoms with Gasteiger partial charge in [0, 0.05) is 17.3 Å². The molecule has 3 heteroatoms. The van der Waals surface area contributed by atoms with Crippen molar-refractivity contribution in [2.75, 3.05) is 5.73 Å². The van der Waals surface area contributed by atoms with Crippen LogP contribution in [0.5, 0.6) is 0 Å². The fraction of sp³-hybridized carbons (Fsp3) is 0.357. The van der Waals surface area contributed by atoms with Gasteiger partial charge in [0.15, 0.2) is 0 Å². The van der Waals surface area contributed by atoms with E-state index in [0.29, 0.717) is 11.3 Å². The van der Waals surface area contributed by atoms with E-state index in [0.717, 1.165) is 24.8 Å². The molecule has 17 heavy (non-hydrogen) atoms. The van der Waals surface area contributed by atoms with E-state index in [4.69, 9.17) is 5.73 Å². The fourth-order valence-corrected chi connectivity index (χ4v) is 2.07. The van der Waals surface area contributed by atoms with Crippen LogP contribution >= 0.6 is 0 Å². The molecule has 0 fully saturated rings. The highest BCUT2D eigenvalue weighted by Gasteiger charge is 2.15. The number of nitrogens with two attached hydrogens (primary N) is 1. The van der Waals surface area contributed by atoms with Crippen molar-refractivity contribution in [3.8, 4) is 0 Å². The van der Waals surface area contributed by atoms with Gasteiger partial charge in [-0.25, -0.2) is 0 Å². The molecule has 1 aliphatic rings. The molecule has 0 saturated carbocycles. The van der Waals surface area contributed by atoms with E-state index >= 15 is 0 Å². The van der Waals surface area contributed by atoms with Crippen LogP contribution in [-0.4, -0.2) is 11.9 Å². The van der Waals surface area contributed by atoms with Crippen LogP contribution in [0.3, 0.4) is 0 Å². The molecule has 0 aromatic heterocycles. The first-order chi connectivity index (χ1) is 8.16. The van der Waals surface area contributed by atoms with Crippen LogP contribution in [0.25, 0.3) is 0 Å². The second-order valence-corrected chi connectivity index (χ2v) is 4.53. The van der Waals surface area contributed by atoms with E-state index in [1.54, 1.807) is 6.07 Å². The lowest BCUT2D eigenvalue weighted by Crippen LogP contribution is -2.35. The fourth-order valence-electron chi connectivity index (χ4n) is 2.07. The van der Waals surface area contributed by atoms with Gasteiger partial charge in [-0.2, -0.15) is 0 Å².